The number of carbonyl (C=O) groups is 2. The standard InChI is InChI=1S/C14H9ClO5/c15-11-10(16)6-5-9(13(11)18)12(17)7-3-1-2-4-8(7)14(19)20/h1-6,16,18H,(H,19,20). The van der Waals surface area contributed by atoms with Gasteiger partial charge in [-0.05, 0) is 18.2 Å². The average Bonchev–Trinajstić information content (AvgIpc) is 2.44. The quantitative estimate of drug-likeness (QED) is 0.756. The van der Waals surface area contributed by atoms with Gasteiger partial charge in [-0.3, -0.25) is 4.79 Å². The van der Waals surface area contributed by atoms with E-state index < -0.39 is 17.5 Å². The predicted molar refractivity (Wildman–Crippen MR) is 71.6 cm³/mol. The van der Waals surface area contributed by atoms with Crippen molar-refractivity contribution in [3.63, 3.8) is 0 Å². The van der Waals surface area contributed by atoms with Crippen LogP contribution in [0.5, 0.6) is 11.5 Å². The summed E-state index contributed by atoms with van der Waals surface area (Å²) in [4.78, 5) is 23.4. The highest BCUT2D eigenvalue weighted by Gasteiger charge is 2.22. The van der Waals surface area contributed by atoms with Gasteiger partial charge in [0.05, 0.1) is 11.1 Å². The van der Waals surface area contributed by atoms with Crippen LogP contribution in [0.15, 0.2) is 36.4 Å². The van der Waals surface area contributed by atoms with Gasteiger partial charge >= 0.3 is 5.97 Å². The van der Waals surface area contributed by atoms with E-state index in [9.17, 15) is 19.8 Å². The van der Waals surface area contributed by atoms with Crippen molar-refractivity contribution < 1.29 is 24.9 Å². The number of carboxylic acid groups (broad SMARTS) is 1. The molecule has 0 atom stereocenters. The predicted octanol–water partition coefficient (Wildman–Crippen LogP) is 2.68. The van der Waals surface area contributed by atoms with E-state index in [0.717, 1.165) is 6.07 Å². The third-order valence-electron chi connectivity index (χ3n) is 2.74. The Morgan fingerprint density at radius 3 is 2.10 bits per heavy atom. The van der Waals surface area contributed by atoms with Gasteiger partial charge in [-0.15, -0.1) is 0 Å². The molecule has 3 N–H and O–H groups in total. The van der Waals surface area contributed by atoms with Crippen LogP contribution in [-0.4, -0.2) is 27.1 Å². The van der Waals surface area contributed by atoms with E-state index >= 15 is 0 Å². The van der Waals surface area contributed by atoms with Crippen molar-refractivity contribution in [2.24, 2.45) is 0 Å². The Hall–Kier alpha value is -2.53. The van der Waals surface area contributed by atoms with Crippen molar-refractivity contribution in [2.45, 2.75) is 0 Å². The summed E-state index contributed by atoms with van der Waals surface area (Å²) >= 11 is 5.65. The summed E-state index contributed by atoms with van der Waals surface area (Å²) in [7, 11) is 0. The molecule has 2 rings (SSSR count). The molecule has 2 aromatic carbocycles. The lowest BCUT2D eigenvalue weighted by Crippen LogP contribution is -2.09. The maximum atomic E-state index is 12.3. The van der Waals surface area contributed by atoms with Crippen LogP contribution in [0.1, 0.15) is 26.3 Å². The first-order chi connectivity index (χ1) is 9.43. The SMILES string of the molecule is O=C(O)c1ccccc1C(=O)c1ccc(O)c(Cl)c1O. The maximum absolute atomic E-state index is 12.3. The van der Waals surface area contributed by atoms with Crippen LogP contribution < -0.4 is 0 Å². The molecule has 0 heterocycles. The molecular formula is C14H9ClO5. The molecule has 0 aliphatic rings. The lowest BCUT2D eigenvalue weighted by Gasteiger charge is -2.08. The van der Waals surface area contributed by atoms with Crippen LogP contribution in [0, 0.1) is 0 Å². The minimum absolute atomic E-state index is 0.0722. The molecule has 0 aliphatic carbocycles. The smallest absolute Gasteiger partial charge is 0.336 e. The Kier molecular flexibility index (Phi) is 3.63. The van der Waals surface area contributed by atoms with Crippen LogP contribution in [-0.2, 0) is 0 Å². The number of benzene rings is 2. The van der Waals surface area contributed by atoms with E-state index in [-0.39, 0.29) is 27.5 Å². The van der Waals surface area contributed by atoms with Gasteiger partial charge < -0.3 is 15.3 Å². The molecule has 102 valence electrons. The van der Waals surface area contributed by atoms with Crippen LogP contribution in [0.25, 0.3) is 0 Å². The Labute approximate surface area is 118 Å². The second-order valence-electron chi connectivity index (χ2n) is 3.97. The third-order valence-corrected chi connectivity index (χ3v) is 3.12. The van der Waals surface area contributed by atoms with Gasteiger partial charge in [0, 0.05) is 5.56 Å². The Balaban J connectivity index is 2.58. The molecule has 0 aliphatic heterocycles. The fraction of sp³-hybridized carbons (Fsp3) is 0. The van der Waals surface area contributed by atoms with E-state index in [0.29, 0.717) is 0 Å². The molecule has 20 heavy (non-hydrogen) atoms. The van der Waals surface area contributed by atoms with E-state index in [1.807, 2.05) is 0 Å². The fourth-order valence-electron chi connectivity index (χ4n) is 1.75. The van der Waals surface area contributed by atoms with Crippen LogP contribution in [0.2, 0.25) is 5.02 Å². The number of aromatic hydroxyl groups is 2. The Morgan fingerprint density at radius 2 is 1.50 bits per heavy atom. The molecule has 0 aromatic heterocycles. The summed E-state index contributed by atoms with van der Waals surface area (Å²) in [5.74, 6) is -2.90. The van der Waals surface area contributed by atoms with Gasteiger partial charge in [0.2, 0.25) is 0 Å². The summed E-state index contributed by atoms with van der Waals surface area (Å²) in [6.45, 7) is 0. The second kappa shape index (κ2) is 5.22. The highest BCUT2D eigenvalue weighted by molar-refractivity contribution is 6.34. The molecule has 0 spiro atoms. The molecule has 2 aromatic rings. The monoisotopic (exact) mass is 292 g/mol. The Bertz CT molecular complexity index is 709. The normalized spacial score (nSPS) is 10.2. The number of hydrogen-bond donors (Lipinski definition) is 3. The van der Waals surface area contributed by atoms with Crippen LogP contribution in [0.3, 0.4) is 0 Å². The van der Waals surface area contributed by atoms with Gasteiger partial charge in [-0.1, -0.05) is 29.8 Å². The summed E-state index contributed by atoms with van der Waals surface area (Å²) < 4.78 is 0. The number of aromatic carboxylic acids is 1. The highest BCUT2D eigenvalue weighted by Crippen LogP contribution is 2.36. The van der Waals surface area contributed by atoms with E-state index in [1.54, 1.807) is 0 Å². The Morgan fingerprint density at radius 1 is 0.900 bits per heavy atom. The number of carbonyl (C=O) groups excluding carboxylic acids is 1. The van der Waals surface area contributed by atoms with Gasteiger partial charge in [0.1, 0.15) is 16.5 Å². The van der Waals surface area contributed by atoms with Gasteiger partial charge in [-0.2, -0.15) is 0 Å². The fourth-order valence-corrected chi connectivity index (χ4v) is 1.91. The molecule has 0 saturated carbocycles. The maximum Gasteiger partial charge on any atom is 0.336 e. The molecule has 0 unspecified atom stereocenters. The van der Waals surface area contributed by atoms with E-state index in [1.165, 1.54) is 30.3 Å². The average molecular weight is 293 g/mol. The lowest BCUT2D eigenvalue weighted by atomic mass is 9.97. The molecule has 0 amide bonds. The van der Waals surface area contributed by atoms with Crippen molar-refractivity contribution in [1.82, 2.24) is 0 Å². The topological polar surface area (TPSA) is 94.8 Å². The van der Waals surface area contributed by atoms with Gasteiger partial charge in [0.25, 0.3) is 0 Å². The number of ketones is 1. The molecule has 6 heteroatoms. The zero-order valence-electron chi connectivity index (χ0n) is 10.0. The summed E-state index contributed by atoms with van der Waals surface area (Å²) in [6.07, 6.45) is 0. The number of rotatable bonds is 3. The lowest BCUT2D eigenvalue weighted by molar-refractivity contribution is 0.0692. The highest BCUT2D eigenvalue weighted by atomic mass is 35.5. The summed E-state index contributed by atoms with van der Waals surface area (Å²) in [6, 6.07) is 7.96. The summed E-state index contributed by atoms with van der Waals surface area (Å²) in [5.41, 5.74) is -0.431. The molecule has 0 saturated heterocycles. The van der Waals surface area contributed by atoms with Crippen molar-refractivity contribution in [3.05, 3.63) is 58.1 Å². The van der Waals surface area contributed by atoms with Crippen LogP contribution >= 0.6 is 11.6 Å². The van der Waals surface area contributed by atoms with Crippen molar-refractivity contribution in [1.29, 1.82) is 0 Å². The number of hydrogen-bond acceptors (Lipinski definition) is 4. The first kappa shape index (κ1) is 13.9. The second-order valence-corrected chi connectivity index (χ2v) is 4.35. The number of phenolic OH excluding ortho intramolecular Hbond substituents is 2. The minimum Gasteiger partial charge on any atom is -0.506 e. The van der Waals surface area contributed by atoms with E-state index in [2.05, 4.69) is 0 Å². The molecule has 0 bridgehead atoms. The van der Waals surface area contributed by atoms with Gasteiger partial charge in [-0.25, -0.2) is 4.79 Å². The molecule has 5 nitrogen and oxygen atoms in total. The minimum atomic E-state index is -1.25. The van der Waals surface area contributed by atoms with E-state index in [4.69, 9.17) is 16.7 Å². The number of halogens is 1. The van der Waals surface area contributed by atoms with Crippen molar-refractivity contribution >= 4 is 23.4 Å². The van der Waals surface area contributed by atoms with Crippen LogP contribution in [0.4, 0.5) is 0 Å². The largest absolute Gasteiger partial charge is 0.506 e. The first-order valence-electron chi connectivity index (χ1n) is 5.51. The zero-order valence-corrected chi connectivity index (χ0v) is 10.8. The third kappa shape index (κ3) is 2.31. The number of phenols is 2. The molecule has 0 fully saturated rings. The van der Waals surface area contributed by atoms with Crippen molar-refractivity contribution in [2.75, 3.05) is 0 Å². The summed E-state index contributed by atoms with van der Waals surface area (Å²) in [5, 5.41) is 27.8. The zero-order chi connectivity index (χ0) is 14.9. The molecule has 0 radical (unpaired) electrons. The van der Waals surface area contributed by atoms with Gasteiger partial charge in [0.15, 0.2) is 5.78 Å². The number of carboxylic acids is 1. The molecular weight excluding hydrogens is 284 g/mol. The first-order valence-corrected chi connectivity index (χ1v) is 5.88. The van der Waals surface area contributed by atoms with Crippen molar-refractivity contribution in [3.8, 4) is 11.5 Å².